The highest BCUT2D eigenvalue weighted by Crippen LogP contribution is 2.24. The molecule has 9 heteroatoms. The standard InChI is InChI=1S/C12H16N4O5/c1-2-13-11-3-7(8(4-14-11)16(20)21)12(19)15-5-9(17)10(18)6-15/h3-4,9-10,17-18H,2,5-6H2,1H3,(H,13,14). The van der Waals surface area contributed by atoms with E-state index in [0.717, 1.165) is 6.20 Å². The molecule has 0 bridgehead atoms. The van der Waals surface area contributed by atoms with Gasteiger partial charge in [-0.15, -0.1) is 0 Å². The number of pyridine rings is 1. The van der Waals surface area contributed by atoms with E-state index < -0.39 is 28.7 Å². The van der Waals surface area contributed by atoms with Crippen LogP contribution in [0.2, 0.25) is 0 Å². The number of aliphatic hydroxyl groups excluding tert-OH is 2. The lowest BCUT2D eigenvalue weighted by atomic mass is 10.2. The molecule has 1 aromatic heterocycles. The molecule has 2 rings (SSSR count). The first-order chi connectivity index (χ1) is 9.93. The van der Waals surface area contributed by atoms with Crippen molar-refractivity contribution in [3.05, 3.63) is 27.9 Å². The number of nitro groups is 1. The second-order valence-corrected chi connectivity index (χ2v) is 4.72. The number of nitrogens with zero attached hydrogens (tertiary/aromatic N) is 3. The van der Waals surface area contributed by atoms with Crippen LogP contribution in [-0.2, 0) is 0 Å². The molecule has 1 aliphatic rings. The van der Waals surface area contributed by atoms with Gasteiger partial charge in [0.25, 0.3) is 11.6 Å². The van der Waals surface area contributed by atoms with Crippen molar-refractivity contribution in [2.45, 2.75) is 19.1 Å². The van der Waals surface area contributed by atoms with E-state index in [9.17, 15) is 25.1 Å². The molecule has 21 heavy (non-hydrogen) atoms. The van der Waals surface area contributed by atoms with Crippen molar-refractivity contribution < 1.29 is 19.9 Å². The molecule has 3 N–H and O–H groups in total. The zero-order valence-electron chi connectivity index (χ0n) is 11.4. The predicted octanol–water partition coefficient (Wildman–Crippen LogP) is -0.401. The Morgan fingerprint density at radius 3 is 2.67 bits per heavy atom. The molecule has 0 aromatic carbocycles. The highest BCUT2D eigenvalue weighted by atomic mass is 16.6. The summed E-state index contributed by atoms with van der Waals surface area (Å²) in [6.45, 7) is 2.27. The maximum Gasteiger partial charge on any atom is 0.300 e. The number of hydrogen-bond donors (Lipinski definition) is 3. The number of amides is 1. The van der Waals surface area contributed by atoms with Gasteiger partial charge in [0.1, 0.15) is 17.6 Å². The van der Waals surface area contributed by atoms with Gasteiger partial charge in [0.05, 0.1) is 17.1 Å². The average molecular weight is 296 g/mol. The van der Waals surface area contributed by atoms with Crippen LogP contribution in [0.15, 0.2) is 12.3 Å². The van der Waals surface area contributed by atoms with E-state index in [1.807, 2.05) is 6.92 Å². The highest BCUT2D eigenvalue weighted by molar-refractivity contribution is 5.99. The largest absolute Gasteiger partial charge is 0.388 e. The summed E-state index contributed by atoms with van der Waals surface area (Å²) in [5.74, 6) is -0.259. The van der Waals surface area contributed by atoms with Gasteiger partial charge in [-0.25, -0.2) is 4.98 Å². The smallest absolute Gasteiger partial charge is 0.300 e. The number of nitrogens with one attached hydrogen (secondary N) is 1. The van der Waals surface area contributed by atoms with Crippen molar-refractivity contribution in [2.24, 2.45) is 0 Å². The lowest BCUT2D eigenvalue weighted by Crippen LogP contribution is -2.30. The van der Waals surface area contributed by atoms with E-state index in [-0.39, 0.29) is 18.7 Å². The number of likely N-dealkylation sites (tertiary alicyclic amines) is 1. The Labute approximate surface area is 120 Å². The van der Waals surface area contributed by atoms with Gasteiger partial charge in [0.2, 0.25) is 0 Å². The SMILES string of the molecule is CCNc1cc(C(=O)N2CC(O)C(O)C2)c([N+](=O)[O-])cn1. The Bertz CT molecular complexity index is 555. The summed E-state index contributed by atoms with van der Waals surface area (Å²) in [5, 5.41) is 32.8. The normalized spacial score (nSPS) is 21.4. The van der Waals surface area contributed by atoms with Crippen LogP contribution >= 0.6 is 0 Å². The fraction of sp³-hybridized carbons (Fsp3) is 0.500. The van der Waals surface area contributed by atoms with Gasteiger partial charge in [-0.2, -0.15) is 0 Å². The first-order valence-corrected chi connectivity index (χ1v) is 6.47. The average Bonchev–Trinajstić information content (AvgIpc) is 2.78. The van der Waals surface area contributed by atoms with Crippen LogP contribution in [0.1, 0.15) is 17.3 Å². The topological polar surface area (TPSA) is 129 Å². The monoisotopic (exact) mass is 296 g/mol. The van der Waals surface area contributed by atoms with Gasteiger partial charge in [0.15, 0.2) is 0 Å². The molecule has 114 valence electrons. The first-order valence-electron chi connectivity index (χ1n) is 6.47. The Balaban J connectivity index is 2.33. The third-order valence-corrected chi connectivity index (χ3v) is 3.21. The Morgan fingerprint density at radius 2 is 2.14 bits per heavy atom. The maximum absolute atomic E-state index is 12.4. The second-order valence-electron chi connectivity index (χ2n) is 4.72. The third-order valence-electron chi connectivity index (χ3n) is 3.21. The molecule has 0 radical (unpaired) electrons. The summed E-state index contributed by atoms with van der Waals surface area (Å²) in [5.41, 5.74) is -0.523. The zero-order valence-corrected chi connectivity index (χ0v) is 11.4. The Morgan fingerprint density at radius 1 is 1.52 bits per heavy atom. The number of aliphatic hydroxyl groups is 2. The number of rotatable bonds is 4. The molecule has 0 aliphatic carbocycles. The minimum atomic E-state index is -1.04. The molecule has 1 aliphatic heterocycles. The molecule has 2 unspecified atom stereocenters. The predicted molar refractivity (Wildman–Crippen MR) is 73.0 cm³/mol. The molecule has 1 aromatic rings. The van der Waals surface area contributed by atoms with E-state index >= 15 is 0 Å². The van der Waals surface area contributed by atoms with Crippen LogP contribution < -0.4 is 5.32 Å². The first kappa shape index (κ1) is 15.1. The lowest BCUT2D eigenvalue weighted by molar-refractivity contribution is -0.385. The summed E-state index contributed by atoms with van der Waals surface area (Å²) in [4.78, 5) is 27.8. The Hall–Kier alpha value is -2.26. The van der Waals surface area contributed by atoms with E-state index in [0.29, 0.717) is 12.4 Å². The molecule has 1 amide bonds. The van der Waals surface area contributed by atoms with Crippen LogP contribution in [-0.4, -0.2) is 62.8 Å². The van der Waals surface area contributed by atoms with Gasteiger partial charge < -0.3 is 20.4 Å². The number of anilines is 1. The van der Waals surface area contributed by atoms with Crippen molar-refractivity contribution in [1.29, 1.82) is 0 Å². The van der Waals surface area contributed by atoms with Crippen LogP contribution in [0.4, 0.5) is 11.5 Å². The van der Waals surface area contributed by atoms with Gasteiger partial charge in [-0.3, -0.25) is 14.9 Å². The lowest BCUT2D eigenvalue weighted by Gasteiger charge is -2.15. The number of β-amino-alcohol motifs (C(OH)–C–C–N with tert-alkyl or cyclic N) is 2. The summed E-state index contributed by atoms with van der Waals surface area (Å²) < 4.78 is 0. The van der Waals surface area contributed by atoms with Gasteiger partial charge >= 0.3 is 0 Å². The van der Waals surface area contributed by atoms with Crippen LogP contribution in [0, 0.1) is 10.1 Å². The molecule has 0 spiro atoms. The van der Waals surface area contributed by atoms with Crippen LogP contribution in [0.25, 0.3) is 0 Å². The molecule has 2 heterocycles. The molecular formula is C12H16N4O5. The van der Waals surface area contributed by atoms with Crippen molar-refractivity contribution in [1.82, 2.24) is 9.88 Å². The van der Waals surface area contributed by atoms with Crippen molar-refractivity contribution in [3.63, 3.8) is 0 Å². The van der Waals surface area contributed by atoms with Crippen molar-refractivity contribution in [2.75, 3.05) is 25.0 Å². The summed E-state index contributed by atoms with van der Waals surface area (Å²) in [6.07, 6.45) is -1.06. The maximum atomic E-state index is 12.4. The summed E-state index contributed by atoms with van der Waals surface area (Å²) >= 11 is 0. The fourth-order valence-corrected chi connectivity index (χ4v) is 2.15. The Kier molecular flexibility index (Phi) is 4.34. The molecule has 1 fully saturated rings. The molecule has 9 nitrogen and oxygen atoms in total. The van der Waals surface area contributed by atoms with Crippen molar-refractivity contribution >= 4 is 17.4 Å². The van der Waals surface area contributed by atoms with E-state index in [1.165, 1.54) is 11.0 Å². The third kappa shape index (κ3) is 3.09. The molecule has 0 saturated carbocycles. The quantitative estimate of drug-likeness (QED) is 0.509. The molecular weight excluding hydrogens is 280 g/mol. The molecule has 1 saturated heterocycles. The number of carbonyl (C=O) groups is 1. The number of carbonyl (C=O) groups excluding carboxylic acids is 1. The summed E-state index contributed by atoms with van der Waals surface area (Å²) in [7, 11) is 0. The van der Waals surface area contributed by atoms with Crippen molar-refractivity contribution in [3.8, 4) is 0 Å². The fourth-order valence-electron chi connectivity index (χ4n) is 2.15. The highest BCUT2D eigenvalue weighted by Gasteiger charge is 2.35. The second kappa shape index (κ2) is 6.02. The van der Waals surface area contributed by atoms with Crippen LogP contribution in [0.3, 0.4) is 0 Å². The number of aromatic nitrogens is 1. The zero-order chi connectivity index (χ0) is 15.6. The van der Waals surface area contributed by atoms with Crippen LogP contribution in [0.5, 0.6) is 0 Å². The molecule has 2 atom stereocenters. The minimum absolute atomic E-state index is 0.0595. The van der Waals surface area contributed by atoms with E-state index in [1.54, 1.807) is 0 Å². The minimum Gasteiger partial charge on any atom is -0.388 e. The van der Waals surface area contributed by atoms with Gasteiger partial charge in [0, 0.05) is 25.7 Å². The van der Waals surface area contributed by atoms with Gasteiger partial charge in [-0.1, -0.05) is 0 Å². The summed E-state index contributed by atoms with van der Waals surface area (Å²) in [6, 6.07) is 1.31. The van der Waals surface area contributed by atoms with E-state index in [4.69, 9.17) is 0 Å². The van der Waals surface area contributed by atoms with Gasteiger partial charge in [-0.05, 0) is 6.92 Å². The van der Waals surface area contributed by atoms with E-state index in [2.05, 4.69) is 10.3 Å². The number of hydrogen-bond acceptors (Lipinski definition) is 7.